The summed E-state index contributed by atoms with van der Waals surface area (Å²) in [6, 6.07) is 15.1. The Kier molecular flexibility index (Phi) is 54.2. The number of ether oxygens (including phenoxy) is 12. The maximum Gasteiger partial charge on any atom is 0.408 e. The summed E-state index contributed by atoms with van der Waals surface area (Å²) in [5, 5.41) is 29.8. The number of carbonyl (C=O) groups excluding carboxylic acids is 9. The van der Waals surface area contributed by atoms with Crippen LogP contribution in [0.4, 0.5) is 14.4 Å². The minimum atomic E-state index is -1.02. The number of carboxylic acids is 1. The normalized spacial score (nSPS) is 14.3. The predicted octanol–water partition coefficient (Wildman–Crippen LogP) is 17.9. The van der Waals surface area contributed by atoms with Gasteiger partial charge in [-0.05, 0) is 226 Å². The fourth-order valence-corrected chi connectivity index (χ4v) is 14.6. The monoisotopic (exact) mass is 1850 g/mol. The summed E-state index contributed by atoms with van der Waals surface area (Å²) in [5.74, 6) is -0.408. The average molecular weight is 1850 g/mol. The Balaban J connectivity index is 0.000000987. The number of hydrogen-bond acceptors (Lipinski definition) is 23. The third-order valence-corrected chi connectivity index (χ3v) is 23.4. The van der Waals surface area contributed by atoms with Crippen LogP contribution in [0.15, 0.2) is 54.6 Å². The number of aliphatic hydroxyl groups excluding tert-OH is 1. The number of methoxy groups -OCH3 is 6. The van der Waals surface area contributed by atoms with Crippen molar-refractivity contribution in [2.24, 2.45) is 93.3 Å². The second-order valence-electron chi connectivity index (χ2n) is 41.0. The first-order chi connectivity index (χ1) is 60.8. The van der Waals surface area contributed by atoms with E-state index < -0.39 is 106 Å². The largest absolute Gasteiger partial charge is 0.493 e. The van der Waals surface area contributed by atoms with Gasteiger partial charge in [0.05, 0.1) is 71.3 Å². The zero-order valence-corrected chi connectivity index (χ0v) is 85.5. The summed E-state index contributed by atoms with van der Waals surface area (Å²) < 4.78 is 66.2. The topological polar surface area (TPSA) is 410 Å². The predicted molar refractivity (Wildman–Crippen MR) is 511 cm³/mol. The van der Waals surface area contributed by atoms with Gasteiger partial charge in [-0.25, -0.2) is 14.4 Å². The third-order valence-electron chi connectivity index (χ3n) is 23.4. The quantitative estimate of drug-likeness (QED) is 0.0204. The number of aliphatic hydroxyl groups is 1. The number of rotatable bonds is 59. The Hall–Kier alpha value is -8.80. The van der Waals surface area contributed by atoms with Gasteiger partial charge in [-0.2, -0.15) is 0 Å². The molecule has 0 aliphatic heterocycles. The number of amides is 5. The number of nitrogens with one attached hydrogen (secondary N) is 3. The number of Topliss-reactive ketones (excluding diaryl/α,β-unsaturated/α-hetero) is 4. The lowest BCUT2D eigenvalue weighted by atomic mass is 9.78. The second kappa shape index (κ2) is 59.1. The number of ketones is 4. The zero-order valence-electron chi connectivity index (χ0n) is 85.5. The van der Waals surface area contributed by atoms with E-state index in [-0.39, 0.29) is 108 Å². The number of benzene rings is 3. The standard InChI is InChI=1S/C36H62N2O8.C36H60N2O8.C30H49NO8/c2*1-23(2)26(19-25-13-14-31(44-11)32(20-25)45-18-12-17-43-10)21-28(38-34(42)46-35(5,6)7)30(40)22-27(24(3)4)29(39)15-16-36(8,9)33(37)41;1-19(2)22(15-21-11-12-26(37-9)27(16-21)38-14-10-13-36-8)17-24(31-29(35)39-30(5,6)7)25(32)18-23(20(3)4)28(33)34/h13-14,20,23-24,26-28,30,40H,12,15-19,21-22H2,1-11H3,(H2,37,41)(H,38,42);13-14,20,23-24,26-28H,12,15-19,21-22H2,1-11H3,(H2,37,41)(H,38,42);11-12,16,19-20,22-24H,10,13-15,17-18H2,1-9H3,(H,31,35)(H,33,34)/t26-,27-,28-,30-;26-,27-,28-;22-,23+,24-/m000/s1. The van der Waals surface area contributed by atoms with Gasteiger partial charge in [-0.1, -0.05) is 129 Å². The summed E-state index contributed by atoms with van der Waals surface area (Å²) in [7, 11) is 9.75. The van der Waals surface area contributed by atoms with Gasteiger partial charge in [0.15, 0.2) is 46.1 Å². The second-order valence-corrected chi connectivity index (χ2v) is 41.0. The highest BCUT2D eigenvalue weighted by molar-refractivity contribution is 5.93. The summed E-state index contributed by atoms with van der Waals surface area (Å²) in [6.45, 7) is 49.8. The Bertz CT molecular complexity index is 3950. The molecule has 3 rings (SSSR count). The molecule has 0 saturated heterocycles. The lowest BCUT2D eigenvalue weighted by Crippen LogP contribution is -2.48. The summed E-state index contributed by atoms with van der Waals surface area (Å²) in [4.78, 5) is 128. The number of carbonyl (C=O) groups is 10. The van der Waals surface area contributed by atoms with E-state index in [1.165, 1.54) is 0 Å². The highest BCUT2D eigenvalue weighted by atomic mass is 16.6. The smallest absolute Gasteiger partial charge is 0.408 e. The van der Waals surface area contributed by atoms with Gasteiger partial charge in [0.2, 0.25) is 11.8 Å². The fraction of sp³-hybridized carbons (Fsp3) is 0.725. The molecule has 0 unspecified atom stereocenters. The van der Waals surface area contributed by atoms with Gasteiger partial charge in [0.25, 0.3) is 0 Å². The molecule has 5 amide bonds. The molecule has 131 heavy (non-hydrogen) atoms. The molecular weight excluding hydrogens is 1680 g/mol. The lowest BCUT2D eigenvalue weighted by Gasteiger charge is -2.33. The summed E-state index contributed by atoms with van der Waals surface area (Å²) in [5.41, 5.74) is 10.2. The van der Waals surface area contributed by atoms with E-state index in [2.05, 4.69) is 57.5 Å². The van der Waals surface area contributed by atoms with Crippen LogP contribution < -0.4 is 55.8 Å². The molecule has 0 bridgehead atoms. The molecule has 0 aliphatic rings. The van der Waals surface area contributed by atoms with Crippen LogP contribution in [0.5, 0.6) is 34.5 Å². The Morgan fingerprint density at radius 1 is 0.359 bits per heavy atom. The molecule has 10 atom stereocenters. The highest BCUT2D eigenvalue weighted by Crippen LogP contribution is 2.38. The average Bonchev–Trinajstić information content (AvgIpc) is 0.835. The molecule has 0 heterocycles. The first kappa shape index (κ1) is 120. The Morgan fingerprint density at radius 2 is 0.649 bits per heavy atom. The van der Waals surface area contributed by atoms with Crippen molar-refractivity contribution in [2.45, 2.75) is 317 Å². The fourth-order valence-electron chi connectivity index (χ4n) is 14.6. The maximum atomic E-state index is 13.9. The van der Waals surface area contributed by atoms with Crippen molar-refractivity contribution in [3.05, 3.63) is 71.3 Å². The molecular formula is C102H171N5O24. The van der Waals surface area contributed by atoms with E-state index >= 15 is 0 Å². The van der Waals surface area contributed by atoms with E-state index in [0.717, 1.165) is 36.0 Å². The number of primary amides is 2. The molecule has 748 valence electrons. The Morgan fingerprint density at radius 3 is 0.916 bits per heavy atom. The first-order valence-corrected chi connectivity index (χ1v) is 46.8. The number of hydrogen-bond donors (Lipinski definition) is 7. The Labute approximate surface area is 784 Å². The van der Waals surface area contributed by atoms with Crippen LogP contribution in [-0.4, -0.2) is 193 Å². The van der Waals surface area contributed by atoms with E-state index in [1.807, 2.05) is 82.3 Å². The van der Waals surface area contributed by atoms with E-state index in [9.17, 15) is 58.2 Å². The van der Waals surface area contributed by atoms with Crippen LogP contribution >= 0.6 is 0 Å². The van der Waals surface area contributed by atoms with Crippen molar-refractivity contribution in [3.8, 4) is 34.5 Å². The van der Waals surface area contributed by atoms with Gasteiger partial charge in [0.1, 0.15) is 28.4 Å². The van der Waals surface area contributed by atoms with Crippen molar-refractivity contribution >= 4 is 59.2 Å². The van der Waals surface area contributed by atoms with Gasteiger partial charge in [-0.3, -0.25) is 33.6 Å². The summed E-state index contributed by atoms with van der Waals surface area (Å²) >= 11 is 0. The van der Waals surface area contributed by atoms with Crippen molar-refractivity contribution in [1.29, 1.82) is 0 Å². The van der Waals surface area contributed by atoms with E-state index in [0.29, 0.717) is 126 Å². The van der Waals surface area contributed by atoms with Crippen molar-refractivity contribution in [3.63, 3.8) is 0 Å². The molecule has 0 aliphatic carbocycles. The molecule has 29 nitrogen and oxygen atoms in total. The highest BCUT2D eigenvalue weighted by Gasteiger charge is 2.39. The molecule has 0 fully saturated rings. The number of nitrogens with two attached hydrogens (primary N) is 2. The molecule has 29 heteroatoms. The maximum absolute atomic E-state index is 13.9. The molecule has 0 spiro atoms. The van der Waals surface area contributed by atoms with Crippen molar-refractivity contribution in [1.82, 2.24) is 16.0 Å². The molecule has 0 aromatic heterocycles. The lowest BCUT2D eigenvalue weighted by molar-refractivity contribution is -0.145. The zero-order chi connectivity index (χ0) is 100. The molecule has 3 aromatic carbocycles. The third kappa shape index (κ3) is 48.1. The minimum absolute atomic E-state index is 0.00295. The number of aliphatic carboxylic acids is 1. The van der Waals surface area contributed by atoms with Gasteiger partial charge >= 0.3 is 24.2 Å². The number of alkyl carbamates (subject to hydrolysis) is 3. The van der Waals surface area contributed by atoms with Crippen molar-refractivity contribution in [2.75, 3.05) is 82.3 Å². The molecule has 9 N–H and O–H groups in total. The van der Waals surface area contributed by atoms with Crippen LogP contribution in [-0.2, 0) is 81.2 Å². The number of carboxylic acid groups (broad SMARTS) is 1. The molecule has 0 saturated carbocycles. The van der Waals surface area contributed by atoms with Crippen LogP contribution in [0.2, 0.25) is 0 Å². The van der Waals surface area contributed by atoms with Gasteiger partial charge in [0, 0.05) is 109 Å². The van der Waals surface area contributed by atoms with Crippen LogP contribution in [0.25, 0.3) is 0 Å². The van der Waals surface area contributed by atoms with Crippen LogP contribution in [0, 0.1) is 81.8 Å². The van der Waals surface area contributed by atoms with Gasteiger partial charge < -0.3 is 94.5 Å². The van der Waals surface area contributed by atoms with E-state index in [1.54, 1.807) is 147 Å². The summed E-state index contributed by atoms with van der Waals surface area (Å²) in [6.07, 6.45) is 3.23. The van der Waals surface area contributed by atoms with Crippen molar-refractivity contribution < 1.29 is 115 Å². The minimum Gasteiger partial charge on any atom is -0.493 e. The molecule has 3 aromatic rings. The van der Waals surface area contributed by atoms with Gasteiger partial charge in [-0.15, -0.1) is 0 Å². The SMILES string of the molecule is COCCCOc1cc(C[C@@H](C[C@H](NC(=O)OC(C)(C)C)C(=O)C[C@@H](C(=O)O)C(C)C)C(C)C)ccc1OC.COCCCOc1cc(C[C@@H](C[C@H](NC(=O)OC(C)(C)C)C(=O)C[C@H](C(=O)CCC(C)(C)C(N)=O)C(C)C)C(C)C)ccc1OC.COCCCOc1cc(C[C@@H](C[C@H](NC(=O)OC(C)(C)C)[C@@H](O)C[C@H](C(=O)CCC(C)(C)C(N)=O)C(C)C)C(C)C)ccc1OC. The van der Waals surface area contributed by atoms with E-state index in [4.69, 9.17) is 68.3 Å². The van der Waals surface area contributed by atoms with Crippen LogP contribution in [0.3, 0.4) is 0 Å². The van der Waals surface area contributed by atoms with Crippen LogP contribution in [0.1, 0.15) is 273 Å². The molecule has 0 radical (unpaired) electrons. The first-order valence-electron chi connectivity index (χ1n) is 46.8.